The Kier molecular flexibility index (Phi) is 2.93. The van der Waals surface area contributed by atoms with Crippen LogP contribution in [0, 0.1) is 0 Å². The van der Waals surface area contributed by atoms with Gasteiger partial charge in [0.15, 0.2) is 11.5 Å². The van der Waals surface area contributed by atoms with Crippen LogP contribution in [0.1, 0.15) is 0 Å². The number of rotatable bonds is 2. The van der Waals surface area contributed by atoms with E-state index in [0.717, 1.165) is 38.5 Å². The van der Waals surface area contributed by atoms with Gasteiger partial charge in [0.1, 0.15) is 0 Å². The van der Waals surface area contributed by atoms with Crippen molar-refractivity contribution in [1.29, 1.82) is 0 Å². The Morgan fingerprint density at radius 1 is 1.00 bits per heavy atom. The summed E-state index contributed by atoms with van der Waals surface area (Å²) in [5.74, 6) is 1.54. The van der Waals surface area contributed by atoms with Gasteiger partial charge in [-0.15, -0.1) is 0 Å². The van der Waals surface area contributed by atoms with Gasteiger partial charge in [-0.1, -0.05) is 34.1 Å². The monoisotopic (exact) mass is 342 g/mol. The van der Waals surface area contributed by atoms with Gasteiger partial charge in [0.05, 0.1) is 11.4 Å². The van der Waals surface area contributed by atoms with Gasteiger partial charge in [-0.05, 0) is 30.3 Å². The van der Waals surface area contributed by atoms with Crippen molar-refractivity contribution in [2.75, 3.05) is 6.79 Å². The molecule has 0 saturated heterocycles. The second-order valence-corrected chi connectivity index (χ2v) is 5.57. The van der Waals surface area contributed by atoms with Gasteiger partial charge in [-0.2, -0.15) is 5.10 Å². The van der Waals surface area contributed by atoms with Gasteiger partial charge in [0, 0.05) is 15.6 Å². The minimum Gasteiger partial charge on any atom is -0.454 e. The van der Waals surface area contributed by atoms with E-state index in [9.17, 15) is 0 Å². The van der Waals surface area contributed by atoms with Crippen LogP contribution in [0.3, 0.4) is 0 Å². The zero-order valence-electron chi connectivity index (χ0n) is 11.0. The summed E-state index contributed by atoms with van der Waals surface area (Å²) in [6.07, 6.45) is 0. The van der Waals surface area contributed by atoms with Crippen LogP contribution in [-0.2, 0) is 0 Å². The molecule has 1 aromatic heterocycles. The van der Waals surface area contributed by atoms with E-state index in [-0.39, 0.29) is 6.79 Å². The average Bonchev–Trinajstić information content (AvgIpc) is 3.16. The van der Waals surface area contributed by atoms with Crippen molar-refractivity contribution in [2.45, 2.75) is 0 Å². The number of hydrogen-bond donors (Lipinski definition) is 1. The SMILES string of the molecule is Brc1ccccc1-c1cc(-c2ccc3c(c2)OCO3)n[nH]1. The third-order valence-electron chi connectivity index (χ3n) is 3.41. The van der Waals surface area contributed by atoms with Crippen molar-refractivity contribution in [1.82, 2.24) is 10.2 Å². The molecule has 1 aliphatic rings. The Labute approximate surface area is 129 Å². The molecule has 0 spiro atoms. The molecule has 0 aliphatic carbocycles. The first-order valence-corrected chi connectivity index (χ1v) is 7.31. The number of benzene rings is 2. The highest BCUT2D eigenvalue weighted by atomic mass is 79.9. The lowest BCUT2D eigenvalue weighted by molar-refractivity contribution is 0.174. The summed E-state index contributed by atoms with van der Waals surface area (Å²) < 4.78 is 11.8. The Morgan fingerprint density at radius 2 is 1.86 bits per heavy atom. The molecule has 0 fully saturated rings. The lowest BCUT2D eigenvalue weighted by Gasteiger charge is -2.00. The number of nitrogens with one attached hydrogen (secondary N) is 1. The molecular weight excluding hydrogens is 332 g/mol. The van der Waals surface area contributed by atoms with Crippen molar-refractivity contribution < 1.29 is 9.47 Å². The van der Waals surface area contributed by atoms with E-state index in [1.807, 2.05) is 48.5 Å². The molecule has 2 heterocycles. The molecule has 1 N–H and O–H groups in total. The summed E-state index contributed by atoms with van der Waals surface area (Å²) in [7, 11) is 0. The van der Waals surface area contributed by atoms with Crippen LogP contribution in [-0.4, -0.2) is 17.0 Å². The van der Waals surface area contributed by atoms with Crippen LogP contribution < -0.4 is 9.47 Å². The van der Waals surface area contributed by atoms with Crippen molar-refractivity contribution >= 4 is 15.9 Å². The van der Waals surface area contributed by atoms with E-state index in [4.69, 9.17) is 9.47 Å². The van der Waals surface area contributed by atoms with Gasteiger partial charge < -0.3 is 9.47 Å². The minimum atomic E-state index is 0.279. The predicted octanol–water partition coefficient (Wildman–Crippen LogP) is 4.23. The molecule has 0 atom stereocenters. The van der Waals surface area contributed by atoms with Gasteiger partial charge in [0.25, 0.3) is 0 Å². The quantitative estimate of drug-likeness (QED) is 0.757. The number of ether oxygens (including phenoxy) is 2. The van der Waals surface area contributed by atoms with E-state index in [1.165, 1.54) is 0 Å². The molecular formula is C16H11BrN2O2. The van der Waals surface area contributed by atoms with Crippen LogP contribution in [0.2, 0.25) is 0 Å². The van der Waals surface area contributed by atoms with Crippen molar-refractivity contribution in [3.63, 3.8) is 0 Å². The minimum absolute atomic E-state index is 0.279. The Bertz CT molecular complexity index is 814. The summed E-state index contributed by atoms with van der Waals surface area (Å²) in [5.41, 5.74) is 3.92. The Balaban J connectivity index is 1.73. The molecule has 4 nitrogen and oxygen atoms in total. The fourth-order valence-corrected chi connectivity index (χ4v) is 2.84. The van der Waals surface area contributed by atoms with E-state index in [1.54, 1.807) is 0 Å². The highest BCUT2D eigenvalue weighted by molar-refractivity contribution is 9.10. The van der Waals surface area contributed by atoms with Crippen LogP contribution in [0.15, 0.2) is 53.0 Å². The molecule has 2 aromatic carbocycles. The summed E-state index contributed by atoms with van der Waals surface area (Å²) in [6, 6.07) is 15.9. The Morgan fingerprint density at radius 3 is 2.76 bits per heavy atom. The van der Waals surface area contributed by atoms with Gasteiger partial charge in [0.2, 0.25) is 6.79 Å². The van der Waals surface area contributed by atoms with Crippen molar-refractivity contribution in [2.24, 2.45) is 0 Å². The number of hydrogen-bond acceptors (Lipinski definition) is 3. The zero-order valence-corrected chi connectivity index (χ0v) is 12.6. The van der Waals surface area contributed by atoms with E-state index < -0.39 is 0 Å². The third kappa shape index (κ3) is 2.19. The number of aromatic nitrogens is 2. The van der Waals surface area contributed by atoms with Crippen LogP contribution in [0.5, 0.6) is 11.5 Å². The largest absolute Gasteiger partial charge is 0.454 e. The average molecular weight is 343 g/mol. The molecule has 0 amide bonds. The second-order valence-electron chi connectivity index (χ2n) is 4.71. The highest BCUT2D eigenvalue weighted by Crippen LogP contribution is 2.36. The number of nitrogens with zero attached hydrogens (tertiary/aromatic N) is 1. The fourth-order valence-electron chi connectivity index (χ4n) is 2.34. The molecule has 1 aliphatic heterocycles. The maximum atomic E-state index is 5.40. The standard InChI is InChI=1S/C16H11BrN2O2/c17-12-4-2-1-3-11(12)14-8-13(18-19-14)10-5-6-15-16(7-10)21-9-20-15/h1-8H,9H2,(H,18,19). The zero-order chi connectivity index (χ0) is 14.2. The molecule has 0 saturated carbocycles. The smallest absolute Gasteiger partial charge is 0.231 e. The Hall–Kier alpha value is -2.27. The third-order valence-corrected chi connectivity index (χ3v) is 4.10. The van der Waals surface area contributed by atoms with Crippen molar-refractivity contribution in [3.05, 3.63) is 53.0 Å². The van der Waals surface area contributed by atoms with Gasteiger partial charge >= 0.3 is 0 Å². The normalized spacial score (nSPS) is 12.6. The number of fused-ring (bicyclic) bond motifs is 1. The maximum absolute atomic E-state index is 5.40. The number of aromatic amines is 1. The number of halogens is 1. The number of H-pyrrole nitrogens is 1. The van der Waals surface area contributed by atoms with E-state index in [2.05, 4.69) is 26.1 Å². The van der Waals surface area contributed by atoms with Gasteiger partial charge in [-0.3, -0.25) is 5.10 Å². The van der Waals surface area contributed by atoms with Crippen LogP contribution >= 0.6 is 15.9 Å². The lowest BCUT2D eigenvalue weighted by Crippen LogP contribution is -1.92. The molecule has 21 heavy (non-hydrogen) atoms. The summed E-state index contributed by atoms with van der Waals surface area (Å²) in [6.45, 7) is 0.279. The van der Waals surface area contributed by atoms with Crippen LogP contribution in [0.25, 0.3) is 22.5 Å². The lowest BCUT2D eigenvalue weighted by atomic mass is 10.1. The van der Waals surface area contributed by atoms with Crippen molar-refractivity contribution in [3.8, 4) is 34.0 Å². The predicted molar refractivity (Wildman–Crippen MR) is 83.3 cm³/mol. The summed E-state index contributed by atoms with van der Waals surface area (Å²) in [4.78, 5) is 0. The molecule has 0 unspecified atom stereocenters. The molecule has 0 bridgehead atoms. The first-order chi connectivity index (χ1) is 10.3. The molecule has 3 aromatic rings. The molecule has 4 rings (SSSR count). The first-order valence-electron chi connectivity index (χ1n) is 6.51. The van der Waals surface area contributed by atoms with Crippen LogP contribution in [0.4, 0.5) is 0 Å². The topological polar surface area (TPSA) is 47.1 Å². The second kappa shape index (κ2) is 4.93. The first kappa shape index (κ1) is 12.5. The maximum Gasteiger partial charge on any atom is 0.231 e. The molecule has 5 heteroatoms. The van der Waals surface area contributed by atoms with E-state index >= 15 is 0 Å². The summed E-state index contributed by atoms with van der Waals surface area (Å²) in [5, 5.41) is 7.46. The van der Waals surface area contributed by atoms with Gasteiger partial charge in [-0.25, -0.2) is 0 Å². The summed E-state index contributed by atoms with van der Waals surface area (Å²) >= 11 is 3.55. The fraction of sp³-hybridized carbons (Fsp3) is 0.0625. The highest BCUT2D eigenvalue weighted by Gasteiger charge is 2.15. The molecule has 104 valence electrons. The van der Waals surface area contributed by atoms with E-state index in [0.29, 0.717) is 0 Å². The molecule has 0 radical (unpaired) electrons.